The summed E-state index contributed by atoms with van der Waals surface area (Å²) in [4.78, 5) is 0. The van der Waals surface area contributed by atoms with Crippen LogP contribution >= 0.6 is 11.8 Å². The monoisotopic (exact) mass is 266 g/mol. The molecule has 2 saturated heterocycles. The van der Waals surface area contributed by atoms with E-state index in [1.807, 2.05) is 0 Å². The molecule has 2 atom stereocenters. The molecule has 2 fully saturated rings. The van der Waals surface area contributed by atoms with Gasteiger partial charge in [0.25, 0.3) is 0 Å². The molecule has 0 amide bonds. The normalized spacial score (nSPS) is 37.6. The summed E-state index contributed by atoms with van der Waals surface area (Å²) < 4.78 is 6.60. The van der Waals surface area contributed by atoms with E-state index in [-0.39, 0.29) is 5.54 Å². The molecule has 1 spiro atoms. The first kappa shape index (κ1) is 12.4. The minimum atomic E-state index is -0.00779. The molecular formula is C14H22N2OS. The first-order valence-electron chi connectivity index (χ1n) is 6.70. The number of thioether (sulfide) groups is 1. The predicted molar refractivity (Wildman–Crippen MR) is 76.6 cm³/mol. The van der Waals surface area contributed by atoms with Gasteiger partial charge in [-0.1, -0.05) is 0 Å². The van der Waals surface area contributed by atoms with Crippen molar-refractivity contribution in [2.24, 2.45) is 0 Å². The van der Waals surface area contributed by atoms with Crippen molar-refractivity contribution < 1.29 is 4.74 Å². The lowest BCUT2D eigenvalue weighted by atomic mass is 9.98. The van der Waals surface area contributed by atoms with Gasteiger partial charge in [0.1, 0.15) is 11.9 Å². The summed E-state index contributed by atoms with van der Waals surface area (Å²) >= 11 is 2.06. The maximum absolute atomic E-state index is 6.25. The molecule has 0 aliphatic carbocycles. The highest BCUT2D eigenvalue weighted by Gasteiger charge is 2.51. The van der Waals surface area contributed by atoms with Crippen LogP contribution in [0.15, 0.2) is 23.6 Å². The molecule has 3 aliphatic rings. The van der Waals surface area contributed by atoms with Gasteiger partial charge in [0.05, 0.1) is 10.3 Å². The van der Waals surface area contributed by atoms with Gasteiger partial charge < -0.3 is 15.4 Å². The minimum absolute atomic E-state index is 0.00779. The molecular weight excluding hydrogens is 244 g/mol. The van der Waals surface area contributed by atoms with Gasteiger partial charge in [-0.25, -0.2) is 0 Å². The van der Waals surface area contributed by atoms with Gasteiger partial charge in [-0.3, -0.25) is 0 Å². The average Bonchev–Trinajstić information content (AvgIpc) is 2.73. The quantitative estimate of drug-likeness (QED) is 0.801. The van der Waals surface area contributed by atoms with E-state index in [0.29, 0.717) is 10.9 Å². The van der Waals surface area contributed by atoms with Crippen molar-refractivity contribution in [2.75, 3.05) is 18.8 Å². The standard InChI is InChI=1S/C14H22N2OS/c1-10-6-11(7-13(2,3)16-10)17-12-8-18-14(12)4-5-15-9-14/h6-7,12,15-16H,4-5,8-9H2,1-3H3/t12?,14-/m1/s1. The summed E-state index contributed by atoms with van der Waals surface area (Å²) in [7, 11) is 0. The Morgan fingerprint density at radius 3 is 2.83 bits per heavy atom. The Labute approximate surface area is 113 Å². The molecule has 0 aromatic carbocycles. The van der Waals surface area contributed by atoms with E-state index in [1.54, 1.807) is 0 Å². The van der Waals surface area contributed by atoms with Crippen LogP contribution in [0.25, 0.3) is 0 Å². The topological polar surface area (TPSA) is 33.3 Å². The van der Waals surface area contributed by atoms with Crippen LogP contribution in [0, 0.1) is 0 Å². The highest BCUT2D eigenvalue weighted by atomic mass is 32.2. The Balaban J connectivity index is 1.71. The van der Waals surface area contributed by atoms with Crippen LogP contribution in [-0.4, -0.2) is 35.2 Å². The zero-order valence-corrected chi connectivity index (χ0v) is 12.2. The lowest BCUT2D eigenvalue weighted by molar-refractivity contribution is 0.0949. The third kappa shape index (κ3) is 2.16. The van der Waals surface area contributed by atoms with Crippen LogP contribution in [0.3, 0.4) is 0 Å². The molecule has 1 unspecified atom stereocenters. The smallest absolute Gasteiger partial charge is 0.124 e. The van der Waals surface area contributed by atoms with Gasteiger partial charge in [0, 0.05) is 18.0 Å². The Morgan fingerprint density at radius 1 is 1.44 bits per heavy atom. The second-order valence-electron chi connectivity index (χ2n) is 6.13. The Hall–Kier alpha value is -0.610. The van der Waals surface area contributed by atoms with E-state index >= 15 is 0 Å². The zero-order chi connectivity index (χ0) is 12.8. The summed E-state index contributed by atoms with van der Waals surface area (Å²) in [6.45, 7) is 8.68. The van der Waals surface area contributed by atoms with Gasteiger partial charge in [-0.05, 0) is 45.9 Å². The number of rotatable bonds is 2. The minimum Gasteiger partial charge on any atom is -0.488 e. The zero-order valence-electron chi connectivity index (χ0n) is 11.4. The SMILES string of the molecule is CC1=CC(OC2CS[C@@]23CCNC3)=CC(C)(C)N1. The molecule has 3 heterocycles. The van der Waals surface area contributed by atoms with E-state index in [9.17, 15) is 0 Å². The molecule has 3 nitrogen and oxygen atoms in total. The molecule has 3 rings (SSSR count). The van der Waals surface area contributed by atoms with Crippen LogP contribution in [0.2, 0.25) is 0 Å². The Bertz CT molecular complexity index is 408. The van der Waals surface area contributed by atoms with Crippen molar-refractivity contribution in [1.29, 1.82) is 0 Å². The van der Waals surface area contributed by atoms with Crippen molar-refractivity contribution in [1.82, 2.24) is 10.6 Å². The molecule has 100 valence electrons. The first-order valence-corrected chi connectivity index (χ1v) is 7.68. The van der Waals surface area contributed by atoms with Gasteiger partial charge in [0.2, 0.25) is 0 Å². The van der Waals surface area contributed by atoms with E-state index in [0.717, 1.165) is 24.6 Å². The Morgan fingerprint density at radius 2 is 2.28 bits per heavy atom. The Kier molecular flexibility index (Phi) is 2.90. The van der Waals surface area contributed by atoms with Crippen molar-refractivity contribution in [3.05, 3.63) is 23.6 Å². The summed E-state index contributed by atoms with van der Waals surface area (Å²) in [6.07, 6.45) is 5.92. The maximum atomic E-state index is 6.25. The third-order valence-electron chi connectivity index (χ3n) is 3.92. The van der Waals surface area contributed by atoms with E-state index in [4.69, 9.17) is 4.74 Å². The molecule has 0 aromatic rings. The third-order valence-corrected chi connectivity index (χ3v) is 5.57. The van der Waals surface area contributed by atoms with Crippen LogP contribution in [0.5, 0.6) is 0 Å². The fraction of sp³-hybridized carbons (Fsp3) is 0.714. The molecule has 0 radical (unpaired) electrons. The highest BCUT2D eigenvalue weighted by Crippen LogP contribution is 2.47. The fourth-order valence-electron chi connectivity index (χ4n) is 3.04. The number of dihydropyridines is 1. The van der Waals surface area contributed by atoms with Crippen LogP contribution < -0.4 is 10.6 Å². The van der Waals surface area contributed by atoms with Crippen LogP contribution in [-0.2, 0) is 4.74 Å². The van der Waals surface area contributed by atoms with Crippen molar-refractivity contribution >= 4 is 11.8 Å². The lowest BCUT2D eigenvalue weighted by Crippen LogP contribution is -2.53. The molecule has 0 aromatic heterocycles. The summed E-state index contributed by atoms with van der Waals surface area (Å²) in [5.74, 6) is 2.16. The molecule has 18 heavy (non-hydrogen) atoms. The molecule has 4 heteroatoms. The second kappa shape index (κ2) is 4.20. The molecule has 2 N–H and O–H groups in total. The van der Waals surface area contributed by atoms with E-state index in [2.05, 4.69) is 55.3 Å². The first-order chi connectivity index (χ1) is 8.49. The molecule has 0 saturated carbocycles. The van der Waals surface area contributed by atoms with Gasteiger partial charge >= 0.3 is 0 Å². The van der Waals surface area contributed by atoms with Gasteiger partial charge in [0.15, 0.2) is 0 Å². The van der Waals surface area contributed by atoms with Crippen LogP contribution in [0.1, 0.15) is 27.2 Å². The molecule has 3 aliphatic heterocycles. The average molecular weight is 266 g/mol. The molecule has 0 bridgehead atoms. The van der Waals surface area contributed by atoms with E-state index in [1.165, 1.54) is 12.1 Å². The predicted octanol–water partition coefficient (Wildman–Crippen LogP) is 2.02. The highest BCUT2D eigenvalue weighted by molar-refractivity contribution is 8.02. The van der Waals surface area contributed by atoms with Crippen molar-refractivity contribution in [2.45, 2.75) is 43.6 Å². The maximum Gasteiger partial charge on any atom is 0.124 e. The fourth-order valence-corrected chi connectivity index (χ4v) is 4.38. The largest absolute Gasteiger partial charge is 0.488 e. The number of ether oxygens (including phenoxy) is 1. The second-order valence-corrected chi connectivity index (χ2v) is 7.56. The summed E-state index contributed by atoms with van der Waals surface area (Å²) in [6, 6.07) is 0. The summed E-state index contributed by atoms with van der Waals surface area (Å²) in [5.41, 5.74) is 1.18. The van der Waals surface area contributed by atoms with Crippen LogP contribution in [0.4, 0.5) is 0 Å². The number of allylic oxidation sites excluding steroid dienone is 2. The van der Waals surface area contributed by atoms with E-state index < -0.39 is 0 Å². The summed E-state index contributed by atoms with van der Waals surface area (Å²) in [5, 5.41) is 6.90. The lowest BCUT2D eigenvalue weighted by Gasteiger charge is -2.46. The number of hydrogen-bond donors (Lipinski definition) is 2. The van der Waals surface area contributed by atoms with Gasteiger partial charge in [-0.15, -0.1) is 11.8 Å². The van der Waals surface area contributed by atoms with Gasteiger partial charge in [-0.2, -0.15) is 0 Å². The number of nitrogens with one attached hydrogen (secondary N) is 2. The van der Waals surface area contributed by atoms with Crippen molar-refractivity contribution in [3.63, 3.8) is 0 Å². The number of hydrogen-bond acceptors (Lipinski definition) is 4. The van der Waals surface area contributed by atoms with Crippen molar-refractivity contribution in [3.8, 4) is 0 Å².